The minimum Gasteiger partial charge on any atom is -0.481 e. The summed E-state index contributed by atoms with van der Waals surface area (Å²) in [6.07, 6.45) is 4.12. The van der Waals surface area contributed by atoms with E-state index in [0.717, 1.165) is 5.56 Å². The first-order valence-electron chi connectivity index (χ1n) is 5.91. The topological polar surface area (TPSA) is 70.5 Å². The number of nitrogens with zero attached hydrogens (tertiary/aromatic N) is 2. The molecule has 18 heavy (non-hydrogen) atoms. The normalized spacial score (nSPS) is 23.1. The highest BCUT2D eigenvalue weighted by Gasteiger charge is 2.41. The highest BCUT2D eigenvalue weighted by atomic mass is 16.4. The molecule has 1 fully saturated rings. The Bertz CT molecular complexity index is 461. The molecule has 5 heteroatoms. The number of carboxylic acid groups (broad SMARTS) is 1. The fourth-order valence-corrected chi connectivity index (χ4v) is 2.14. The van der Waals surface area contributed by atoms with Gasteiger partial charge >= 0.3 is 5.97 Å². The average Bonchev–Trinajstić information content (AvgIpc) is 2.75. The number of carbonyl (C=O) groups is 2. The molecule has 5 nitrogen and oxygen atoms in total. The predicted molar refractivity (Wildman–Crippen MR) is 64.9 cm³/mol. The Kier molecular flexibility index (Phi) is 3.32. The average molecular weight is 248 g/mol. The van der Waals surface area contributed by atoms with E-state index in [1.807, 2.05) is 0 Å². The number of aromatic nitrogens is 1. The van der Waals surface area contributed by atoms with E-state index in [1.54, 1.807) is 36.4 Å². The number of carboxylic acids is 1. The molecule has 0 aromatic carbocycles. The van der Waals surface area contributed by atoms with Gasteiger partial charge in [-0.15, -0.1) is 0 Å². The van der Waals surface area contributed by atoms with E-state index in [1.165, 1.54) is 0 Å². The largest absolute Gasteiger partial charge is 0.481 e. The van der Waals surface area contributed by atoms with Crippen molar-refractivity contribution in [2.24, 2.45) is 5.41 Å². The molecular weight excluding hydrogens is 232 g/mol. The van der Waals surface area contributed by atoms with Gasteiger partial charge in [0, 0.05) is 25.5 Å². The second-order valence-electron chi connectivity index (χ2n) is 4.96. The monoisotopic (exact) mass is 248 g/mol. The third-order valence-electron chi connectivity index (χ3n) is 3.45. The predicted octanol–water partition coefficient (Wildman–Crippen LogP) is 0.947. The molecular formula is C13H16N2O3. The van der Waals surface area contributed by atoms with Crippen molar-refractivity contribution in [3.05, 3.63) is 30.1 Å². The van der Waals surface area contributed by atoms with Crippen molar-refractivity contribution in [1.82, 2.24) is 9.88 Å². The fraction of sp³-hybridized carbons (Fsp3) is 0.462. The van der Waals surface area contributed by atoms with Crippen LogP contribution in [0.5, 0.6) is 0 Å². The second kappa shape index (κ2) is 4.76. The molecule has 1 aliphatic heterocycles. The zero-order chi connectivity index (χ0) is 13.2. The number of hydrogen-bond acceptors (Lipinski definition) is 3. The van der Waals surface area contributed by atoms with Gasteiger partial charge in [-0.3, -0.25) is 14.6 Å². The van der Waals surface area contributed by atoms with Gasteiger partial charge in [0.1, 0.15) is 0 Å². The Morgan fingerprint density at radius 2 is 2.11 bits per heavy atom. The molecule has 1 aromatic heterocycles. The summed E-state index contributed by atoms with van der Waals surface area (Å²) < 4.78 is 0. The lowest BCUT2D eigenvalue weighted by Gasteiger charge is -2.20. The van der Waals surface area contributed by atoms with Crippen molar-refractivity contribution in [3.8, 4) is 0 Å². The SMILES string of the molecule is CC1(C(=O)O)CCN(C(=O)Cc2ccncc2)C1. The van der Waals surface area contributed by atoms with Gasteiger partial charge in [-0.25, -0.2) is 0 Å². The Balaban J connectivity index is 1.98. The van der Waals surface area contributed by atoms with E-state index in [9.17, 15) is 9.59 Å². The van der Waals surface area contributed by atoms with Crippen LogP contribution in [-0.2, 0) is 16.0 Å². The van der Waals surface area contributed by atoms with Crippen LogP contribution in [0, 0.1) is 5.41 Å². The van der Waals surface area contributed by atoms with Crippen LogP contribution in [0.2, 0.25) is 0 Å². The van der Waals surface area contributed by atoms with Crippen LogP contribution in [0.4, 0.5) is 0 Å². The van der Waals surface area contributed by atoms with Gasteiger partial charge in [-0.05, 0) is 31.0 Å². The van der Waals surface area contributed by atoms with Gasteiger partial charge in [0.15, 0.2) is 0 Å². The molecule has 2 heterocycles. The Labute approximate surface area is 105 Å². The first kappa shape index (κ1) is 12.5. The maximum absolute atomic E-state index is 12.0. The molecule has 1 amide bonds. The summed E-state index contributed by atoms with van der Waals surface area (Å²) in [5.74, 6) is -0.854. The number of likely N-dealkylation sites (tertiary alicyclic amines) is 1. The number of aliphatic carboxylic acids is 1. The third-order valence-corrected chi connectivity index (χ3v) is 3.45. The summed E-state index contributed by atoms with van der Waals surface area (Å²) in [4.78, 5) is 28.7. The highest BCUT2D eigenvalue weighted by molar-refractivity contribution is 5.81. The third kappa shape index (κ3) is 2.50. The van der Waals surface area contributed by atoms with Crippen molar-refractivity contribution < 1.29 is 14.7 Å². The zero-order valence-corrected chi connectivity index (χ0v) is 10.3. The second-order valence-corrected chi connectivity index (χ2v) is 4.96. The Hall–Kier alpha value is -1.91. The maximum atomic E-state index is 12.0. The minimum absolute atomic E-state index is 0.0221. The molecule has 0 aliphatic carbocycles. The van der Waals surface area contributed by atoms with Crippen LogP contribution in [0.25, 0.3) is 0 Å². The summed E-state index contributed by atoms with van der Waals surface area (Å²) in [5.41, 5.74) is 0.104. The lowest BCUT2D eigenvalue weighted by Crippen LogP contribution is -2.35. The van der Waals surface area contributed by atoms with E-state index >= 15 is 0 Å². The molecule has 2 rings (SSSR count). The van der Waals surface area contributed by atoms with E-state index < -0.39 is 11.4 Å². The van der Waals surface area contributed by atoms with Crippen molar-refractivity contribution in [1.29, 1.82) is 0 Å². The maximum Gasteiger partial charge on any atom is 0.311 e. The van der Waals surface area contributed by atoms with Gasteiger partial charge in [0.25, 0.3) is 0 Å². The number of amides is 1. The lowest BCUT2D eigenvalue weighted by atomic mass is 9.90. The summed E-state index contributed by atoms with van der Waals surface area (Å²) in [6, 6.07) is 3.59. The minimum atomic E-state index is -0.832. The molecule has 1 unspecified atom stereocenters. The standard InChI is InChI=1S/C13H16N2O3/c1-13(12(17)18)4-7-15(9-13)11(16)8-10-2-5-14-6-3-10/h2-3,5-6H,4,7-9H2,1H3,(H,17,18). The fourth-order valence-electron chi connectivity index (χ4n) is 2.14. The lowest BCUT2D eigenvalue weighted by molar-refractivity contribution is -0.147. The Morgan fingerprint density at radius 3 is 2.67 bits per heavy atom. The first-order chi connectivity index (χ1) is 8.51. The van der Waals surface area contributed by atoms with Crippen molar-refractivity contribution >= 4 is 11.9 Å². The molecule has 96 valence electrons. The smallest absolute Gasteiger partial charge is 0.311 e. The van der Waals surface area contributed by atoms with Gasteiger partial charge in [-0.2, -0.15) is 0 Å². The van der Waals surface area contributed by atoms with E-state index in [-0.39, 0.29) is 5.91 Å². The van der Waals surface area contributed by atoms with Crippen molar-refractivity contribution in [2.45, 2.75) is 19.8 Å². The van der Waals surface area contributed by atoms with Gasteiger partial charge in [-0.1, -0.05) is 0 Å². The summed E-state index contributed by atoms with van der Waals surface area (Å²) in [6.45, 7) is 2.51. The zero-order valence-electron chi connectivity index (χ0n) is 10.3. The number of pyridine rings is 1. The van der Waals surface area contributed by atoms with Crippen molar-refractivity contribution in [2.75, 3.05) is 13.1 Å². The number of carbonyl (C=O) groups excluding carboxylic acids is 1. The van der Waals surface area contributed by atoms with Crippen LogP contribution in [0.15, 0.2) is 24.5 Å². The van der Waals surface area contributed by atoms with E-state index in [4.69, 9.17) is 5.11 Å². The molecule has 0 spiro atoms. The highest BCUT2D eigenvalue weighted by Crippen LogP contribution is 2.30. The van der Waals surface area contributed by atoms with Gasteiger partial charge in [0.2, 0.25) is 5.91 Å². The molecule has 0 saturated carbocycles. The number of rotatable bonds is 3. The van der Waals surface area contributed by atoms with Crippen LogP contribution < -0.4 is 0 Å². The first-order valence-corrected chi connectivity index (χ1v) is 5.91. The van der Waals surface area contributed by atoms with E-state index in [2.05, 4.69) is 4.98 Å². The van der Waals surface area contributed by atoms with Crippen LogP contribution in [0.1, 0.15) is 18.9 Å². The van der Waals surface area contributed by atoms with E-state index in [0.29, 0.717) is 25.9 Å². The quantitative estimate of drug-likeness (QED) is 0.864. The van der Waals surface area contributed by atoms with Crippen molar-refractivity contribution in [3.63, 3.8) is 0 Å². The molecule has 1 N–H and O–H groups in total. The molecule has 1 atom stereocenters. The number of hydrogen-bond donors (Lipinski definition) is 1. The van der Waals surface area contributed by atoms with Crippen LogP contribution in [-0.4, -0.2) is 40.0 Å². The van der Waals surface area contributed by atoms with Gasteiger partial charge in [0.05, 0.1) is 11.8 Å². The molecule has 0 bridgehead atoms. The van der Waals surface area contributed by atoms with Gasteiger partial charge < -0.3 is 10.0 Å². The molecule has 1 saturated heterocycles. The Morgan fingerprint density at radius 1 is 1.44 bits per heavy atom. The molecule has 0 radical (unpaired) electrons. The summed E-state index contributed by atoms with van der Waals surface area (Å²) in [7, 11) is 0. The van der Waals surface area contributed by atoms with Crippen LogP contribution in [0.3, 0.4) is 0 Å². The summed E-state index contributed by atoms with van der Waals surface area (Å²) in [5, 5.41) is 9.12. The molecule has 1 aliphatic rings. The summed E-state index contributed by atoms with van der Waals surface area (Å²) >= 11 is 0. The molecule has 1 aromatic rings. The van der Waals surface area contributed by atoms with Crippen LogP contribution >= 0.6 is 0 Å².